The zero-order valence-electron chi connectivity index (χ0n) is 13.2. The van der Waals surface area contributed by atoms with Crippen LogP contribution < -0.4 is 10.6 Å². The minimum Gasteiger partial charge on any atom is -0.345 e. The van der Waals surface area contributed by atoms with E-state index in [2.05, 4.69) is 21.2 Å². The maximum Gasteiger partial charge on any atom is 0.227 e. The van der Waals surface area contributed by atoms with Gasteiger partial charge in [0.15, 0.2) is 0 Å². The molecule has 6 nitrogen and oxygen atoms in total. The second kappa shape index (κ2) is 6.91. The molecular formula is C15H25N5OS. The summed E-state index contributed by atoms with van der Waals surface area (Å²) in [6, 6.07) is 0.0575. The Balaban J connectivity index is 1.60. The number of hydrogen-bond donors (Lipinski definition) is 1. The fourth-order valence-corrected chi connectivity index (χ4v) is 4.18. The van der Waals surface area contributed by atoms with E-state index in [1.807, 2.05) is 4.90 Å². The predicted molar refractivity (Wildman–Crippen MR) is 88.0 cm³/mol. The van der Waals surface area contributed by atoms with Crippen LogP contribution in [0.15, 0.2) is 0 Å². The van der Waals surface area contributed by atoms with E-state index in [1.165, 1.54) is 11.5 Å². The van der Waals surface area contributed by atoms with Crippen molar-refractivity contribution in [2.24, 2.45) is 11.7 Å². The van der Waals surface area contributed by atoms with Gasteiger partial charge in [-0.25, -0.2) is 4.98 Å². The van der Waals surface area contributed by atoms with E-state index in [4.69, 9.17) is 5.73 Å². The Hall–Kier alpha value is -1.21. The lowest BCUT2D eigenvalue weighted by atomic mass is 10.0. The molecule has 1 saturated carbocycles. The Labute approximate surface area is 135 Å². The Morgan fingerprint density at radius 2 is 2.14 bits per heavy atom. The van der Waals surface area contributed by atoms with Crippen LogP contribution in [0.5, 0.6) is 0 Å². The third-order valence-electron chi connectivity index (χ3n) is 4.74. The van der Waals surface area contributed by atoms with Crippen LogP contribution in [0.25, 0.3) is 0 Å². The van der Waals surface area contributed by atoms with Gasteiger partial charge in [-0.1, -0.05) is 13.3 Å². The lowest BCUT2D eigenvalue weighted by Gasteiger charge is -2.26. The average molecular weight is 323 g/mol. The molecule has 22 heavy (non-hydrogen) atoms. The van der Waals surface area contributed by atoms with Crippen LogP contribution in [0.4, 0.5) is 5.13 Å². The van der Waals surface area contributed by atoms with Crippen molar-refractivity contribution in [3.63, 3.8) is 0 Å². The Morgan fingerprint density at radius 1 is 1.27 bits per heavy atom. The summed E-state index contributed by atoms with van der Waals surface area (Å²) in [5.41, 5.74) is 6.09. The predicted octanol–water partition coefficient (Wildman–Crippen LogP) is 1.27. The van der Waals surface area contributed by atoms with Crippen LogP contribution in [0.3, 0.4) is 0 Å². The van der Waals surface area contributed by atoms with Crippen LogP contribution in [-0.4, -0.2) is 52.4 Å². The number of nitrogens with two attached hydrogens (primary N) is 1. The van der Waals surface area contributed by atoms with E-state index in [-0.39, 0.29) is 17.9 Å². The molecule has 2 atom stereocenters. The second-order valence-electron chi connectivity index (χ2n) is 6.21. The molecule has 1 amide bonds. The summed E-state index contributed by atoms with van der Waals surface area (Å²) in [6.45, 7) is 5.45. The Morgan fingerprint density at radius 3 is 2.82 bits per heavy atom. The number of aromatic nitrogens is 2. The average Bonchev–Trinajstić information content (AvgIpc) is 3.10. The summed E-state index contributed by atoms with van der Waals surface area (Å²) in [7, 11) is 0. The normalized spacial score (nSPS) is 26.3. The van der Waals surface area contributed by atoms with Gasteiger partial charge in [-0.2, -0.15) is 4.37 Å². The van der Waals surface area contributed by atoms with Crippen molar-refractivity contribution in [2.45, 2.75) is 45.1 Å². The topological polar surface area (TPSA) is 75.4 Å². The minimum absolute atomic E-state index is 0.0415. The van der Waals surface area contributed by atoms with Crippen LogP contribution in [-0.2, 0) is 11.2 Å². The van der Waals surface area contributed by atoms with Gasteiger partial charge in [0.1, 0.15) is 5.82 Å². The number of hydrogen-bond acceptors (Lipinski definition) is 6. The highest BCUT2D eigenvalue weighted by Crippen LogP contribution is 2.27. The highest BCUT2D eigenvalue weighted by Gasteiger charge is 2.34. The summed E-state index contributed by atoms with van der Waals surface area (Å²) < 4.78 is 4.36. The molecule has 2 fully saturated rings. The largest absolute Gasteiger partial charge is 0.345 e. The van der Waals surface area contributed by atoms with Crippen molar-refractivity contribution < 1.29 is 4.79 Å². The standard InChI is InChI=1S/C15H25N5OS/c1-2-13-17-15(22-18-13)20-8-4-7-19(9-10-20)14(21)11-5-3-6-12(11)16/h11-12H,2-10,16H2,1H3. The van der Waals surface area contributed by atoms with E-state index in [1.54, 1.807) is 0 Å². The second-order valence-corrected chi connectivity index (χ2v) is 6.94. The number of rotatable bonds is 3. The molecule has 2 unspecified atom stereocenters. The van der Waals surface area contributed by atoms with Gasteiger partial charge in [0, 0.05) is 50.2 Å². The summed E-state index contributed by atoms with van der Waals surface area (Å²) >= 11 is 1.47. The quantitative estimate of drug-likeness (QED) is 0.906. The van der Waals surface area contributed by atoms with Crippen LogP contribution in [0.1, 0.15) is 38.4 Å². The molecule has 7 heteroatoms. The molecule has 0 radical (unpaired) electrons. The van der Waals surface area contributed by atoms with E-state index < -0.39 is 0 Å². The van der Waals surface area contributed by atoms with Gasteiger partial charge in [-0.15, -0.1) is 0 Å². The molecule has 0 bridgehead atoms. The molecule has 2 heterocycles. The van der Waals surface area contributed by atoms with Crippen molar-refractivity contribution in [3.8, 4) is 0 Å². The molecule has 2 aliphatic rings. The molecule has 0 spiro atoms. The molecule has 2 N–H and O–H groups in total. The third kappa shape index (κ3) is 3.25. The van der Waals surface area contributed by atoms with Crippen LogP contribution in [0, 0.1) is 5.92 Å². The summed E-state index contributed by atoms with van der Waals surface area (Å²) in [5.74, 6) is 1.22. The lowest BCUT2D eigenvalue weighted by molar-refractivity contribution is -0.135. The molecule has 1 aliphatic heterocycles. The monoisotopic (exact) mass is 323 g/mol. The van der Waals surface area contributed by atoms with Gasteiger partial charge in [-0.3, -0.25) is 4.79 Å². The number of carbonyl (C=O) groups excluding carboxylic acids is 1. The fourth-order valence-electron chi connectivity index (χ4n) is 3.38. The van der Waals surface area contributed by atoms with Crippen molar-refractivity contribution in [1.82, 2.24) is 14.3 Å². The number of anilines is 1. The highest BCUT2D eigenvalue weighted by atomic mass is 32.1. The number of amides is 1. The van der Waals surface area contributed by atoms with Gasteiger partial charge in [0.05, 0.1) is 5.92 Å². The van der Waals surface area contributed by atoms with Crippen molar-refractivity contribution in [2.75, 3.05) is 31.1 Å². The highest BCUT2D eigenvalue weighted by molar-refractivity contribution is 7.09. The Kier molecular flexibility index (Phi) is 4.93. The number of carbonyl (C=O) groups is 1. The van der Waals surface area contributed by atoms with E-state index in [0.29, 0.717) is 0 Å². The molecule has 1 aliphatic carbocycles. The number of aryl methyl sites for hydroxylation is 1. The van der Waals surface area contributed by atoms with Gasteiger partial charge in [-0.05, 0) is 19.3 Å². The molecule has 1 aromatic heterocycles. The summed E-state index contributed by atoms with van der Waals surface area (Å²) in [4.78, 5) is 21.5. The molecule has 3 rings (SSSR count). The van der Waals surface area contributed by atoms with Gasteiger partial charge in [0.2, 0.25) is 11.0 Å². The first-order valence-corrected chi connectivity index (χ1v) is 9.08. The first-order valence-electron chi connectivity index (χ1n) is 8.31. The first-order chi connectivity index (χ1) is 10.7. The zero-order valence-corrected chi connectivity index (χ0v) is 14.0. The van der Waals surface area contributed by atoms with Gasteiger partial charge < -0.3 is 15.5 Å². The van der Waals surface area contributed by atoms with E-state index in [0.717, 1.165) is 69.2 Å². The maximum atomic E-state index is 12.7. The van der Waals surface area contributed by atoms with Crippen LogP contribution in [0.2, 0.25) is 0 Å². The third-order valence-corrected chi connectivity index (χ3v) is 5.55. The molecule has 0 aromatic carbocycles. The number of nitrogens with zero attached hydrogens (tertiary/aromatic N) is 4. The van der Waals surface area contributed by atoms with E-state index >= 15 is 0 Å². The lowest BCUT2D eigenvalue weighted by Crippen LogP contribution is -2.43. The molecular weight excluding hydrogens is 298 g/mol. The molecule has 1 aromatic rings. The van der Waals surface area contributed by atoms with Crippen LogP contribution >= 0.6 is 11.5 Å². The van der Waals surface area contributed by atoms with Gasteiger partial charge >= 0.3 is 0 Å². The van der Waals surface area contributed by atoms with Crippen molar-refractivity contribution >= 4 is 22.6 Å². The zero-order chi connectivity index (χ0) is 15.5. The minimum atomic E-state index is 0.0415. The SMILES string of the molecule is CCc1nsc(N2CCCN(C(=O)C3CCCC3N)CC2)n1. The van der Waals surface area contributed by atoms with Crippen molar-refractivity contribution in [3.05, 3.63) is 5.82 Å². The fraction of sp³-hybridized carbons (Fsp3) is 0.800. The summed E-state index contributed by atoms with van der Waals surface area (Å²) in [6.07, 6.45) is 4.88. The first kappa shape index (κ1) is 15.7. The summed E-state index contributed by atoms with van der Waals surface area (Å²) in [5, 5.41) is 0.990. The van der Waals surface area contributed by atoms with Gasteiger partial charge in [0.25, 0.3) is 0 Å². The van der Waals surface area contributed by atoms with E-state index in [9.17, 15) is 4.79 Å². The smallest absolute Gasteiger partial charge is 0.227 e. The Bertz CT molecular complexity index is 520. The maximum absolute atomic E-state index is 12.7. The van der Waals surface area contributed by atoms with Crippen molar-refractivity contribution in [1.29, 1.82) is 0 Å². The molecule has 1 saturated heterocycles. The molecule has 122 valence electrons.